The number of ether oxygens (including phenoxy) is 1. The molecule has 0 heterocycles. The smallest absolute Gasteiger partial charge is 0.191 e. The van der Waals surface area contributed by atoms with Crippen LogP contribution in [0, 0.1) is 0 Å². The lowest BCUT2D eigenvalue weighted by Crippen LogP contribution is -2.39. The van der Waals surface area contributed by atoms with E-state index in [4.69, 9.17) is 4.74 Å². The number of benzene rings is 2. The van der Waals surface area contributed by atoms with Crippen LogP contribution in [0.25, 0.3) is 0 Å². The first-order valence-electron chi connectivity index (χ1n) is 9.78. The maximum Gasteiger partial charge on any atom is 0.191 e. The van der Waals surface area contributed by atoms with Gasteiger partial charge < -0.3 is 15.4 Å². The van der Waals surface area contributed by atoms with Crippen molar-refractivity contribution in [3.63, 3.8) is 0 Å². The van der Waals surface area contributed by atoms with Crippen molar-refractivity contribution in [2.75, 3.05) is 18.8 Å². The summed E-state index contributed by atoms with van der Waals surface area (Å²) in [6.45, 7) is 9.35. The van der Waals surface area contributed by atoms with Crippen molar-refractivity contribution in [1.29, 1.82) is 0 Å². The SMILES string of the molecule is CCNC(=NCc1ccccc1OC(C)(C)C)NCCS(=O)(=O)c1ccccc1. The van der Waals surface area contributed by atoms with Crippen LogP contribution < -0.4 is 15.4 Å². The minimum atomic E-state index is -3.33. The van der Waals surface area contributed by atoms with Crippen LogP contribution in [0.5, 0.6) is 5.75 Å². The van der Waals surface area contributed by atoms with Crippen molar-refractivity contribution in [2.45, 2.75) is 44.7 Å². The van der Waals surface area contributed by atoms with E-state index >= 15 is 0 Å². The van der Waals surface area contributed by atoms with Crippen LogP contribution in [0.4, 0.5) is 0 Å². The van der Waals surface area contributed by atoms with E-state index in [-0.39, 0.29) is 17.9 Å². The number of nitrogens with zero attached hydrogens (tertiary/aromatic N) is 1. The highest BCUT2D eigenvalue weighted by Gasteiger charge is 2.15. The summed E-state index contributed by atoms with van der Waals surface area (Å²) in [6.07, 6.45) is 0. The topological polar surface area (TPSA) is 79.8 Å². The summed E-state index contributed by atoms with van der Waals surface area (Å²) in [5.74, 6) is 1.36. The maximum absolute atomic E-state index is 12.4. The Morgan fingerprint density at radius 3 is 2.31 bits per heavy atom. The van der Waals surface area contributed by atoms with Gasteiger partial charge in [0.1, 0.15) is 11.4 Å². The number of guanidine groups is 1. The van der Waals surface area contributed by atoms with Gasteiger partial charge in [0, 0.05) is 18.7 Å². The molecule has 2 rings (SSSR count). The molecule has 0 unspecified atom stereocenters. The highest BCUT2D eigenvalue weighted by Crippen LogP contribution is 2.23. The van der Waals surface area contributed by atoms with Crippen LogP contribution in [-0.4, -0.2) is 38.8 Å². The van der Waals surface area contributed by atoms with E-state index < -0.39 is 9.84 Å². The van der Waals surface area contributed by atoms with Gasteiger partial charge in [-0.2, -0.15) is 0 Å². The van der Waals surface area contributed by atoms with Crippen LogP contribution >= 0.6 is 0 Å². The number of aliphatic imine (C=N–C) groups is 1. The number of hydrogen-bond acceptors (Lipinski definition) is 4. The third-order valence-electron chi connectivity index (χ3n) is 3.91. The molecule has 2 N–H and O–H groups in total. The molecule has 0 atom stereocenters. The Morgan fingerprint density at radius 1 is 1.00 bits per heavy atom. The summed E-state index contributed by atoms with van der Waals surface area (Å²) in [4.78, 5) is 4.92. The summed E-state index contributed by atoms with van der Waals surface area (Å²) in [5, 5.41) is 6.25. The molecule has 158 valence electrons. The molecular formula is C22H31N3O3S. The monoisotopic (exact) mass is 417 g/mol. The molecule has 0 aromatic heterocycles. The number of para-hydroxylation sites is 1. The van der Waals surface area contributed by atoms with Crippen LogP contribution in [0.1, 0.15) is 33.3 Å². The Hall–Kier alpha value is -2.54. The predicted octanol–water partition coefficient (Wildman–Crippen LogP) is 3.39. The summed E-state index contributed by atoms with van der Waals surface area (Å²) < 4.78 is 30.8. The second-order valence-corrected chi connectivity index (χ2v) is 9.69. The number of hydrogen-bond donors (Lipinski definition) is 2. The zero-order valence-electron chi connectivity index (χ0n) is 17.6. The van der Waals surface area contributed by atoms with Crippen molar-refractivity contribution in [1.82, 2.24) is 10.6 Å². The van der Waals surface area contributed by atoms with E-state index in [1.54, 1.807) is 30.3 Å². The second kappa shape index (κ2) is 10.3. The average molecular weight is 418 g/mol. The fraction of sp³-hybridized carbons (Fsp3) is 0.409. The lowest BCUT2D eigenvalue weighted by molar-refractivity contribution is 0.129. The normalized spacial score (nSPS) is 12.5. The minimum Gasteiger partial charge on any atom is -0.488 e. The lowest BCUT2D eigenvalue weighted by Gasteiger charge is -2.23. The predicted molar refractivity (Wildman–Crippen MR) is 118 cm³/mol. The first-order valence-corrected chi connectivity index (χ1v) is 11.4. The fourth-order valence-electron chi connectivity index (χ4n) is 2.62. The van der Waals surface area contributed by atoms with Crippen LogP contribution in [-0.2, 0) is 16.4 Å². The van der Waals surface area contributed by atoms with Crippen molar-refractivity contribution in [3.05, 3.63) is 60.2 Å². The molecule has 0 aliphatic carbocycles. The standard InChI is InChI=1S/C22H31N3O3S/c1-5-23-21(24-15-16-29(26,27)19-12-7-6-8-13-19)25-17-18-11-9-10-14-20(18)28-22(2,3)4/h6-14H,5,15-17H2,1-4H3,(H2,23,24,25). The molecule has 2 aromatic rings. The van der Waals surface area contributed by atoms with Gasteiger partial charge in [0.2, 0.25) is 0 Å². The fourth-order valence-corrected chi connectivity index (χ4v) is 3.80. The van der Waals surface area contributed by atoms with Gasteiger partial charge >= 0.3 is 0 Å². The van der Waals surface area contributed by atoms with Gasteiger partial charge in [-0.1, -0.05) is 36.4 Å². The summed E-state index contributed by atoms with van der Waals surface area (Å²) in [5.41, 5.74) is 0.672. The molecule has 0 aliphatic rings. The minimum absolute atomic E-state index is 0.00878. The van der Waals surface area contributed by atoms with Crippen molar-refractivity contribution < 1.29 is 13.2 Å². The lowest BCUT2D eigenvalue weighted by atomic mass is 10.1. The number of nitrogens with one attached hydrogen (secondary N) is 2. The molecule has 0 radical (unpaired) electrons. The van der Waals surface area contributed by atoms with Crippen LogP contribution in [0.15, 0.2) is 64.5 Å². The van der Waals surface area contributed by atoms with E-state index in [1.165, 1.54) is 0 Å². The maximum atomic E-state index is 12.4. The van der Waals surface area contributed by atoms with E-state index in [0.717, 1.165) is 11.3 Å². The van der Waals surface area contributed by atoms with Gasteiger partial charge in [0.05, 0.1) is 17.2 Å². The molecular weight excluding hydrogens is 386 g/mol. The van der Waals surface area contributed by atoms with E-state index in [2.05, 4.69) is 15.6 Å². The van der Waals surface area contributed by atoms with Gasteiger partial charge in [-0.05, 0) is 45.9 Å². The van der Waals surface area contributed by atoms with Crippen molar-refractivity contribution in [2.24, 2.45) is 4.99 Å². The van der Waals surface area contributed by atoms with Gasteiger partial charge in [0.15, 0.2) is 15.8 Å². The van der Waals surface area contributed by atoms with Crippen LogP contribution in [0.3, 0.4) is 0 Å². The zero-order valence-corrected chi connectivity index (χ0v) is 18.4. The number of rotatable bonds is 8. The Bertz CT molecular complexity index is 904. The molecule has 2 aromatic carbocycles. The summed E-state index contributed by atoms with van der Waals surface area (Å²) >= 11 is 0. The van der Waals surface area contributed by atoms with Gasteiger partial charge in [0.25, 0.3) is 0 Å². The Balaban J connectivity index is 2.02. The molecule has 7 heteroatoms. The molecule has 0 amide bonds. The summed E-state index contributed by atoms with van der Waals surface area (Å²) in [7, 11) is -3.33. The van der Waals surface area contributed by atoms with Gasteiger partial charge in [-0.3, -0.25) is 0 Å². The molecule has 0 fully saturated rings. The van der Waals surface area contributed by atoms with Gasteiger partial charge in [-0.15, -0.1) is 0 Å². The largest absolute Gasteiger partial charge is 0.488 e. The molecule has 6 nitrogen and oxygen atoms in total. The third-order valence-corrected chi connectivity index (χ3v) is 5.64. The molecule has 0 aliphatic heterocycles. The van der Waals surface area contributed by atoms with Crippen LogP contribution in [0.2, 0.25) is 0 Å². The molecule has 0 saturated heterocycles. The Labute approximate surface area is 174 Å². The first-order chi connectivity index (χ1) is 13.7. The highest BCUT2D eigenvalue weighted by atomic mass is 32.2. The quantitative estimate of drug-likeness (QED) is 0.508. The highest BCUT2D eigenvalue weighted by molar-refractivity contribution is 7.91. The molecule has 0 saturated carbocycles. The third kappa shape index (κ3) is 7.77. The second-order valence-electron chi connectivity index (χ2n) is 7.58. The van der Waals surface area contributed by atoms with E-state index in [1.807, 2.05) is 52.0 Å². The average Bonchev–Trinajstić information content (AvgIpc) is 2.66. The van der Waals surface area contributed by atoms with Gasteiger partial charge in [-0.25, -0.2) is 13.4 Å². The Kier molecular flexibility index (Phi) is 8.08. The van der Waals surface area contributed by atoms with Crippen molar-refractivity contribution in [3.8, 4) is 5.75 Å². The summed E-state index contributed by atoms with van der Waals surface area (Å²) in [6, 6.07) is 16.3. The zero-order chi connectivity index (χ0) is 21.3. The van der Waals surface area contributed by atoms with E-state index in [9.17, 15) is 8.42 Å². The first kappa shape index (κ1) is 22.7. The number of sulfone groups is 1. The van der Waals surface area contributed by atoms with E-state index in [0.29, 0.717) is 23.9 Å². The van der Waals surface area contributed by atoms with Crippen molar-refractivity contribution >= 4 is 15.8 Å². The Morgan fingerprint density at radius 2 is 1.66 bits per heavy atom. The molecule has 0 spiro atoms. The molecule has 29 heavy (non-hydrogen) atoms. The molecule has 0 bridgehead atoms.